The summed E-state index contributed by atoms with van der Waals surface area (Å²) >= 11 is 0. The minimum Gasteiger partial charge on any atom is -0.233 e. The van der Waals surface area contributed by atoms with E-state index in [1.54, 1.807) is 0 Å². The fourth-order valence-electron chi connectivity index (χ4n) is 8.27. The zero-order valence-corrected chi connectivity index (χ0v) is 32.4. The van der Waals surface area contributed by atoms with Gasteiger partial charge in [-0.1, -0.05) is 152 Å². The zero-order valence-electron chi connectivity index (χ0n) is 32.4. The number of hydrogen-bond acceptors (Lipinski definition) is 5. The van der Waals surface area contributed by atoms with Gasteiger partial charge >= 0.3 is 0 Å². The number of benzene rings is 4. The van der Waals surface area contributed by atoms with Gasteiger partial charge in [0.1, 0.15) is 5.82 Å². The standard InChI is InChI=1S/C53H43N5/c1-5-15-36(16-6-1)38-25-28-39(29-26-38)48-35-49(55-50(54-48)40-18-7-2-8-19-40)47-34-45(44-30-27-37-17-13-14-24-43(37)33-44)31-32-46(47)53-57-51(41-20-9-3-10-21-41)56-52(58-53)42-22-11-4-12-23-42/h2-5,7,9-18,20-22,24-28,30-35,39,42H,1,6,8,19,23,29H2. The first-order valence-electron chi connectivity index (χ1n) is 20.5. The molecule has 0 fully saturated rings. The first kappa shape index (κ1) is 35.6. The van der Waals surface area contributed by atoms with Crippen LogP contribution < -0.4 is 0 Å². The summed E-state index contributed by atoms with van der Waals surface area (Å²) in [6, 6.07) is 34.3. The van der Waals surface area contributed by atoms with Crippen LogP contribution in [0.2, 0.25) is 0 Å². The van der Waals surface area contributed by atoms with Gasteiger partial charge in [-0.25, -0.2) is 24.9 Å². The van der Waals surface area contributed by atoms with E-state index in [9.17, 15) is 0 Å². The monoisotopic (exact) mass is 749 g/mol. The fraction of sp³-hybridized carbons (Fsp3) is 0.151. The highest BCUT2D eigenvalue weighted by Crippen LogP contribution is 2.39. The molecule has 4 aromatic carbocycles. The van der Waals surface area contributed by atoms with Crippen LogP contribution in [0.1, 0.15) is 67.7 Å². The Bertz CT molecular complexity index is 2800. The van der Waals surface area contributed by atoms with E-state index in [4.69, 9.17) is 24.9 Å². The lowest BCUT2D eigenvalue weighted by Crippen LogP contribution is -2.09. The van der Waals surface area contributed by atoms with E-state index < -0.39 is 0 Å². The highest BCUT2D eigenvalue weighted by molar-refractivity contribution is 5.90. The first-order valence-corrected chi connectivity index (χ1v) is 20.5. The summed E-state index contributed by atoms with van der Waals surface area (Å²) in [4.78, 5) is 26.3. The van der Waals surface area contributed by atoms with Crippen molar-refractivity contribution in [1.82, 2.24) is 24.9 Å². The van der Waals surface area contributed by atoms with Crippen LogP contribution in [0.5, 0.6) is 0 Å². The second-order valence-corrected chi connectivity index (χ2v) is 15.3. The van der Waals surface area contributed by atoms with Crippen molar-refractivity contribution in [3.8, 4) is 45.2 Å². The van der Waals surface area contributed by atoms with E-state index in [1.165, 1.54) is 21.9 Å². The molecule has 0 spiro atoms. The fourth-order valence-corrected chi connectivity index (χ4v) is 8.27. The molecule has 4 aliphatic rings. The van der Waals surface area contributed by atoms with E-state index in [0.717, 1.165) is 95.0 Å². The van der Waals surface area contributed by atoms with Gasteiger partial charge < -0.3 is 0 Å². The average molecular weight is 750 g/mol. The molecule has 58 heavy (non-hydrogen) atoms. The molecule has 2 aromatic heterocycles. The third kappa shape index (κ3) is 7.39. The molecule has 0 bridgehead atoms. The third-order valence-electron chi connectivity index (χ3n) is 11.5. The van der Waals surface area contributed by atoms with Crippen LogP contribution in [0.3, 0.4) is 0 Å². The van der Waals surface area contributed by atoms with Gasteiger partial charge in [0.15, 0.2) is 17.5 Å². The molecule has 2 atom stereocenters. The predicted molar refractivity (Wildman–Crippen MR) is 238 cm³/mol. The molecule has 280 valence electrons. The van der Waals surface area contributed by atoms with Gasteiger partial charge in [-0.15, -0.1) is 0 Å². The average Bonchev–Trinajstić information content (AvgIpc) is 3.32. The lowest BCUT2D eigenvalue weighted by atomic mass is 9.88. The van der Waals surface area contributed by atoms with Crippen molar-refractivity contribution in [2.45, 2.75) is 50.4 Å². The van der Waals surface area contributed by atoms with Gasteiger partial charge in [0, 0.05) is 28.5 Å². The molecule has 0 N–H and O–H groups in total. The molecule has 10 rings (SSSR count). The largest absolute Gasteiger partial charge is 0.233 e. The smallest absolute Gasteiger partial charge is 0.164 e. The summed E-state index contributed by atoms with van der Waals surface area (Å²) < 4.78 is 0. The number of hydrogen-bond donors (Lipinski definition) is 0. The van der Waals surface area contributed by atoms with Crippen molar-refractivity contribution in [3.63, 3.8) is 0 Å². The highest BCUT2D eigenvalue weighted by atomic mass is 15.0. The third-order valence-corrected chi connectivity index (χ3v) is 11.5. The van der Waals surface area contributed by atoms with Crippen molar-refractivity contribution >= 4 is 16.3 Å². The quantitative estimate of drug-likeness (QED) is 0.155. The Morgan fingerprint density at radius 3 is 2.14 bits per heavy atom. The molecule has 6 aromatic rings. The summed E-state index contributed by atoms with van der Waals surface area (Å²) in [6.07, 6.45) is 34.7. The Labute approximate surface area is 340 Å². The van der Waals surface area contributed by atoms with E-state index in [2.05, 4.69) is 158 Å². The molecule has 0 radical (unpaired) electrons. The van der Waals surface area contributed by atoms with Crippen molar-refractivity contribution in [3.05, 3.63) is 205 Å². The number of allylic oxidation sites excluding steroid dienone is 16. The highest BCUT2D eigenvalue weighted by Gasteiger charge is 2.23. The Hall–Kier alpha value is -6.85. The minimum absolute atomic E-state index is 0.0500. The maximum atomic E-state index is 5.41. The van der Waals surface area contributed by atoms with Crippen LogP contribution in [0, 0.1) is 0 Å². The molecule has 5 heteroatoms. The molecule has 0 saturated heterocycles. The maximum Gasteiger partial charge on any atom is 0.164 e. The number of rotatable bonds is 8. The minimum atomic E-state index is 0.0500. The van der Waals surface area contributed by atoms with E-state index >= 15 is 0 Å². The van der Waals surface area contributed by atoms with E-state index in [-0.39, 0.29) is 11.8 Å². The predicted octanol–water partition coefficient (Wildman–Crippen LogP) is 13.1. The van der Waals surface area contributed by atoms with Gasteiger partial charge in [0.2, 0.25) is 0 Å². The Morgan fingerprint density at radius 2 is 1.33 bits per heavy atom. The van der Waals surface area contributed by atoms with Crippen LogP contribution in [-0.4, -0.2) is 24.9 Å². The lowest BCUT2D eigenvalue weighted by Gasteiger charge is -2.20. The normalized spacial score (nSPS) is 18.6. The van der Waals surface area contributed by atoms with Gasteiger partial charge in [-0.3, -0.25) is 0 Å². The van der Waals surface area contributed by atoms with Crippen LogP contribution in [-0.2, 0) is 0 Å². The van der Waals surface area contributed by atoms with Crippen molar-refractivity contribution in [1.29, 1.82) is 0 Å². The van der Waals surface area contributed by atoms with Crippen molar-refractivity contribution in [2.24, 2.45) is 0 Å². The molecular weight excluding hydrogens is 707 g/mol. The SMILES string of the molecule is C1=CCCC(c2nc(-c3cc(-c4ccc5ccccc5c4)ccc3-c3nc(-c4ccccc4)nc(C4C=CC=CC4)n3)cc(C3C=CC(C4=CCCC=C4)=CC3)n2)=C1. The molecule has 0 aliphatic heterocycles. The molecule has 0 amide bonds. The Kier molecular flexibility index (Phi) is 9.78. The number of nitrogens with zero attached hydrogens (tertiary/aromatic N) is 5. The van der Waals surface area contributed by atoms with Crippen LogP contribution in [0.4, 0.5) is 0 Å². The van der Waals surface area contributed by atoms with Gasteiger partial charge in [0.25, 0.3) is 0 Å². The van der Waals surface area contributed by atoms with Crippen molar-refractivity contribution in [2.75, 3.05) is 0 Å². The summed E-state index contributed by atoms with van der Waals surface area (Å²) in [5.74, 6) is 3.00. The molecular formula is C53H43N5. The molecule has 2 unspecified atom stereocenters. The van der Waals surface area contributed by atoms with Crippen LogP contribution in [0.15, 0.2) is 187 Å². The van der Waals surface area contributed by atoms with E-state index in [1.807, 2.05) is 18.2 Å². The number of aromatic nitrogens is 5. The van der Waals surface area contributed by atoms with Gasteiger partial charge in [-0.05, 0) is 101 Å². The van der Waals surface area contributed by atoms with Gasteiger partial charge in [-0.2, -0.15) is 0 Å². The number of fused-ring (bicyclic) bond motifs is 1. The Morgan fingerprint density at radius 1 is 0.483 bits per heavy atom. The summed E-state index contributed by atoms with van der Waals surface area (Å²) in [6.45, 7) is 0. The summed E-state index contributed by atoms with van der Waals surface area (Å²) in [7, 11) is 0. The summed E-state index contributed by atoms with van der Waals surface area (Å²) in [5, 5.41) is 2.42. The second-order valence-electron chi connectivity index (χ2n) is 15.3. The Balaban J connectivity index is 1.16. The van der Waals surface area contributed by atoms with E-state index in [0.29, 0.717) is 11.6 Å². The zero-order chi connectivity index (χ0) is 38.7. The molecule has 2 heterocycles. The van der Waals surface area contributed by atoms with Crippen LogP contribution >= 0.6 is 0 Å². The topological polar surface area (TPSA) is 64.5 Å². The van der Waals surface area contributed by atoms with Crippen LogP contribution in [0.25, 0.3) is 61.5 Å². The molecule has 4 aliphatic carbocycles. The molecule has 5 nitrogen and oxygen atoms in total. The lowest BCUT2D eigenvalue weighted by molar-refractivity contribution is 0.764. The first-order chi connectivity index (χ1) is 28.7. The van der Waals surface area contributed by atoms with Crippen molar-refractivity contribution < 1.29 is 0 Å². The second kappa shape index (κ2) is 16.0. The summed E-state index contributed by atoms with van der Waals surface area (Å²) in [5.41, 5.74) is 10.7. The van der Waals surface area contributed by atoms with Gasteiger partial charge in [0.05, 0.1) is 11.4 Å². The maximum absolute atomic E-state index is 5.41. The molecule has 0 saturated carbocycles.